The summed E-state index contributed by atoms with van der Waals surface area (Å²) in [5.74, 6) is -6.86. The molecule has 6 rings (SSSR count). The fraction of sp³-hybridized carbons (Fsp3) is 0.378. The highest BCUT2D eigenvalue weighted by Gasteiger charge is 2.61. The fourth-order valence-electron chi connectivity index (χ4n) is 8.76. The number of nitro groups is 3. The maximum atomic E-state index is 14.1. The molecule has 0 bridgehead atoms. The van der Waals surface area contributed by atoms with Crippen LogP contribution in [0.2, 0.25) is 18.1 Å². The number of hydrogen-bond donors (Lipinski definition) is 2. The number of hydrogen-bond acceptors (Lipinski definition) is 19. The summed E-state index contributed by atoms with van der Waals surface area (Å²) in [6.07, 6.45) is -3.21. The molecule has 71 heavy (non-hydrogen) atoms. The summed E-state index contributed by atoms with van der Waals surface area (Å²) < 4.78 is 21.7. The molecular formula is C45H48N8O17Si. The van der Waals surface area contributed by atoms with E-state index in [2.05, 4.69) is 36.4 Å². The molecule has 2 fully saturated rings. The van der Waals surface area contributed by atoms with Gasteiger partial charge >= 0.3 is 36.1 Å². The van der Waals surface area contributed by atoms with Crippen LogP contribution in [-0.4, -0.2) is 119 Å². The molecule has 3 aliphatic heterocycles. The number of fused-ring (bicyclic) bond motifs is 1. The van der Waals surface area contributed by atoms with Crippen LogP contribution in [0.1, 0.15) is 72.1 Å². The van der Waals surface area contributed by atoms with Crippen LogP contribution in [0.3, 0.4) is 0 Å². The van der Waals surface area contributed by atoms with Crippen LogP contribution in [0.5, 0.6) is 0 Å². The predicted molar refractivity (Wildman–Crippen MR) is 248 cm³/mol. The SMILES string of the molecule is CC[Si](CC)(CC)O[C@H](C)C1C(=O)N2C(C(=O)OC(=O)c3ccc([N+](=O)[O-])cc3)=C(CN3CC[C@@H](N=C(NC(=O)OC(=O)c4ccc([N+](=O)[O-])cc4)NC(=O)OC(=O)c4ccc([N+](=O)[O-])cc4)C3)[C@H](C)[C@H]12. The minimum absolute atomic E-state index is 0.0386. The molecule has 0 aromatic heterocycles. The van der Waals surface area contributed by atoms with Crippen LogP contribution in [0.15, 0.2) is 89.1 Å². The number of non-ortho nitro benzene ring substituents is 3. The van der Waals surface area contributed by atoms with Gasteiger partial charge in [-0.05, 0) is 73.4 Å². The topological polar surface area (TPSA) is 329 Å². The maximum Gasteiger partial charge on any atom is 0.421 e. The van der Waals surface area contributed by atoms with Gasteiger partial charge in [-0.25, -0.2) is 33.8 Å². The number of nitrogens with zero attached hydrogens (tertiary/aromatic N) is 6. The van der Waals surface area contributed by atoms with Gasteiger partial charge in [0.15, 0.2) is 8.32 Å². The molecule has 1 unspecified atom stereocenters. The van der Waals surface area contributed by atoms with E-state index in [0.29, 0.717) is 5.57 Å². The minimum Gasteiger partial charge on any atom is -0.413 e. The zero-order valence-corrected chi connectivity index (χ0v) is 39.9. The number of amides is 3. The smallest absolute Gasteiger partial charge is 0.413 e. The van der Waals surface area contributed by atoms with Gasteiger partial charge in [0.25, 0.3) is 17.1 Å². The number of esters is 4. The van der Waals surface area contributed by atoms with Gasteiger partial charge in [-0.1, -0.05) is 27.7 Å². The summed E-state index contributed by atoms with van der Waals surface area (Å²) in [7, 11) is -2.20. The van der Waals surface area contributed by atoms with Crippen molar-refractivity contribution in [2.45, 2.75) is 77.4 Å². The van der Waals surface area contributed by atoms with E-state index in [1.54, 1.807) is 0 Å². The molecule has 5 atom stereocenters. The van der Waals surface area contributed by atoms with Gasteiger partial charge in [0.2, 0.25) is 11.9 Å². The van der Waals surface area contributed by atoms with E-state index >= 15 is 0 Å². The molecule has 26 heteroatoms. The number of rotatable bonds is 16. The number of ether oxygens (including phenoxy) is 3. The Labute approximate surface area is 404 Å². The second-order valence-electron chi connectivity index (χ2n) is 16.8. The molecule has 0 radical (unpaired) electrons. The number of β-lactam (4-membered cyclic amide) rings is 1. The van der Waals surface area contributed by atoms with E-state index in [1.807, 2.05) is 18.7 Å². The molecule has 3 aromatic rings. The van der Waals surface area contributed by atoms with Gasteiger partial charge in [-0.3, -0.25) is 50.7 Å². The van der Waals surface area contributed by atoms with E-state index in [1.165, 1.54) is 4.90 Å². The summed E-state index contributed by atoms with van der Waals surface area (Å²) in [6.45, 7) is 10.3. The number of likely N-dealkylation sites (tertiary alicyclic amines) is 1. The first-order valence-electron chi connectivity index (χ1n) is 22.3. The molecule has 3 amide bonds. The summed E-state index contributed by atoms with van der Waals surface area (Å²) in [6, 6.07) is 13.8. The zero-order valence-electron chi connectivity index (χ0n) is 38.9. The van der Waals surface area contributed by atoms with Crippen LogP contribution in [0, 0.1) is 42.2 Å². The maximum absolute atomic E-state index is 14.1. The monoisotopic (exact) mass is 1000 g/mol. The Morgan fingerprint density at radius 1 is 0.704 bits per heavy atom. The molecule has 2 N–H and O–H groups in total. The van der Waals surface area contributed by atoms with Crippen molar-refractivity contribution in [1.82, 2.24) is 20.4 Å². The van der Waals surface area contributed by atoms with Gasteiger partial charge in [0, 0.05) is 62.0 Å². The first-order valence-corrected chi connectivity index (χ1v) is 24.8. The Morgan fingerprint density at radius 3 is 1.54 bits per heavy atom. The number of guanidine groups is 1. The molecule has 3 heterocycles. The van der Waals surface area contributed by atoms with E-state index in [4.69, 9.17) is 18.6 Å². The third-order valence-electron chi connectivity index (χ3n) is 12.8. The third-order valence-corrected chi connectivity index (χ3v) is 17.5. The molecule has 25 nitrogen and oxygen atoms in total. The van der Waals surface area contributed by atoms with Crippen LogP contribution in [0.4, 0.5) is 26.7 Å². The minimum atomic E-state index is -2.20. The molecule has 0 spiro atoms. The molecule has 0 aliphatic carbocycles. The highest BCUT2D eigenvalue weighted by Crippen LogP contribution is 2.49. The first kappa shape index (κ1) is 52.3. The molecule has 374 valence electrons. The lowest BCUT2D eigenvalue weighted by molar-refractivity contribution is -0.385. The van der Waals surface area contributed by atoms with Crippen molar-refractivity contribution in [3.05, 3.63) is 131 Å². The number of benzene rings is 3. The second-order valence-corrected chi connectivity index (χ2v) is 21.5. The van der Waals surface area contributed by atoms with E-state index < -0.39 is 101 Å². The molecule has 0 saturated carbocycles. The summed E-state index contributed by atoms with van der Waals surface area (Å²) in [4.78, 5) is 132. The van der Waals surface area contributed by atoms with Crippen molar-refractivity contribution in [2.75, 3.05) is 19.6 Å². The van der Waals surface area contributed by atoms with Crippen LogP contribution >= 0.6 is 0 Å². The van der Waals surface area contributed by atoms with Crippen molar-refractivity contribution < 1.29 is 67.0 Å². The van der Waals surface area contributed by atoms with Crippen molar-refractivity contribution >= 4 is 73.3 Å². The number of alkyl carbamates (subject to hydrolysis) is 2. The van der Waals surface area contributed by atoms with Crippen molar-refractivity contribution in [3.63, 3.8) is 0 Å². The van der Waals surface area contributed by atoms with E-state index in [0.717, 1.165) is 90.9 Å². The highest BCUT2D eigenvalue weighted by atomic mass is 28.4. The van der Waals surface area contributed by atoms with Gasteiger partial charge in [-0.2, -0.15) is 0 Å². The average molecular weight is 1000 g/mol. The Hall–Kier alpha value is -8.10. The molecule has 3 aromatic carbocycles. The summed E-state index contributed by atoms with van der Waals surface area (Å²) in [5.41, 5.74) is -1.32. The third kappa shape index (κ3) is 11.8. The summed E-state index contributed by atoms with van der Waals surface area (Å²) in [5, 5.41) is 37.5. The quantitative estimate of drug-likeness (QED) is 0.0197. The first-order chi connectivity index (χ1) is 33.7. The van der Waals surface area contributed by atoms with E-state index in [-0.39, 0.29) is 65.5 Å². The lowest BCUT2D eigenvalue weighted by Gasteiger charge is -2.49. The van der Waals surface area contributed by atoms with Gasteiger partial charge < -0.3 is 23.5 Å². The van der Waals surface area contributed by atoms with Crippen LogP contribution < -0.4 is 10.6 Å². The largest absolute Gasteiger partial charge is 0.421 e. The Morgan fingerprint density at radius 2 is 1.13 bits per heavy atom. The van der Waals surface area contributed by atoms with E-state index in [9.17, 15) is 63.9 Å². The predicted octanol–water partition coefficient (Wildman–Crippen LogP) is 5.80. The van der Waals surface area contributed by atoms with Gasteiger partial charge in [0.05, 0.1) is 55.6 Å². The summed E-state index contributed by atoms with van der Waals surface area (Å²) >= 11 is 0. The Kier molecular flexibility index (Phi) is 16.3. The number of nitrogens with one attached hydrogen (secondary N) is 2. The van der Waals surface area contributed by atoms with Gasteiger partial charge in [-0.15, -0.1) is 0 Å². The Bertz CT molecular complexity index is 2610. The van der Waals surface area contributed by atoms with Crippen molar-refractivity contribution in [3.8, 4) is 0 Å². The lowest BCUT2D eigenvalue weighted by atomic mass is 9.77. The van der Waals surface area contributed by atoms with Gasteiger partial charge in [0.1, 0.15) is 5.70 Å². The van der Waals surface area contributed by atoms with Crippen LogP contribution in [0.25, 0.3) is 0 Å². The molecule has 2 saturated heterocycles. The number of carbonyl (C=O) groups is 7. The average Bonchev–Trinajstić information content (AvgIpc) is 3.88. The van der Waals surface area contributed by atoms with Crippen molar-refractivity contribution in [1.29, 1.82) is 0 Å². The van der Waals surface area contributed by atoms with Crippen molar-refractivity contribution in [2.24, 2.45) is 16.8 Å². The normalized spacial score (nSPS) is 18.8. The zero-order chi connectivity index (χ0) is 51.9. The fourth-order valence-corrected chi connectivity index (χ4v) is 11.7. The lowest BCUT2D eigenvalue weighted by Crippen LogP contribution is -2.65. The molecular weight excluding hydrogens is 953 g/mol. The van der Waals surface area contributed by atoms with Crippen LogP contribution in [-0.2, 0) is 28.2 Å². The highest BCUT2D eigenvalue weighted by molar-refractivity contribution is 6.73. The second kappa shape index (κ2) is 22.1. The standard InChI is InChI=1S/C45H48N8O17Si/c1-6-71(7-2,8-3)70-26(5)35-36-25(4)34(37(50(36)38(35)54)42(58)67-39(55)27-9-15-31(16-10-27)51(61)62)24-49-22-21-30(23-49)46-43(47-44(59)68-40(56)28-11-17-32(18-12-28)52(63)64)48-45(60)69-41(57)29-13-19-33(20-14-29)53(65)66/h9-20,25-26,30,35-36H,6-8,21-24H2,1-5H3,(H2,46,47,48,59,60)/t25-,26+,30+,35?,36+/m0/s1. The number of carbonyl (C=O) groups excluding carboxylic acids is 7. The number of aliphatic imine (C=N–C) groups is 1. The number of nitro benzene ring substituents is 3. The molecule has 3 aliphatic rings. The Balaban J connectivity index is 1.23.